The molecule has 1 fully saturated rings. The van der Waals surface area contributed by atoms with Crippen LogP contribution in [-0.4, -0.2) is 28.1 Å². The molecule has 104 valence electrons. The Morgan fingerprint density at radius 1 is 1.53 bits per heavy atom. The van der Waals surface area contributed by atoms with Crippen molar-refractivity contribution in [2.45, 2.75) is 37.5 Å². The number of amides is 1. The van der Waals surface area contributed by atoms with Gasteiger partial charge in [0.1, 0.15) is 5.75 Å². The minimum Gasteiger partial charge on any atom is -0.508 e. The van der Waals surface area contributed by atoms with Crippen LogP contribution in [0.5, 0.6) is 5.75 Å². The molecule has 1 amide bonds. The van der Waals surface area contributed by atoms with E-state index < -0.39 is 0 Å². The van der Waals surface area contributed by atoms with Crippen LogP contribution < -0.4 is 11.1 Å². The topological polar surface area (TPSA) is 75.3 Å². The first-order valence-corrected chi connectivity index (χ1v) is 7.67. The molecule has 2 atom stereocenters. The van der Waals surface area contributed by atoms with Crippen molar-refractivity contribution in [3.05, 3.63) is 23.8 Å². The van der Waals surface area contributed by atoms with Gasteiger partial charge in [-0.15, -0.1) is 0 Å². The number of hydrogen-bond acceptors (Lipinski definition) is 4. The normalized spacial score (nSPS) is 22.4. The molecule has 0 aliphatic heterocycles. The number of carbonyl (C=O) groups excluding carboxylic acids is 1. The van der Waals surface area contributed by atoms with Crippen LogP contribution >= 0.6 is 11.8 Å². The summed E-state index contributed by atoms with van der Waals surface area (Å²) < 4.78 is 0. The second-order valence-electron chi connectivity index (χ2n) is 4.78. The molecule has 0 aromatic heterocycles. The molecule has 1 aliphatic rings. The first-order valence-electron chi connectivity index (χ1n) is 6.62. The SMILES string of the molecule is CCSC1CCCC1NC(=O)c1cc(O)ccc1N. The molecule has 2 unspecified atom stereocenters. The molecule has 19 heavy (non-hydrogen) atoms. The number of anilines is 1. The average molecular weight is 280 g/mol. The summed E-state index contributed by atoms with van der Waals surface area (Å²) in [5, 5.41) is 13.0. The van der Waals surface area contributed by atoms with E-state index >= 15 is 0 Å². The van der Waals surface area contributed by atoms with Gasteiger partial charge >= 0.3 is 0 Å². The van der Waals surface area contributed by atoms with Gasteiger partial charge < -0.3 is 16.2 Å². The number of phenols is 1. The fraction of sp³-hybridized carbons (Fsp3) is 0.500. The van der Waals surface area contributed by atoms with Crippen molar-refractivity contribution in [3.63, 3.8) is 0 Å². The van der Waals surface area contributed by atoms with Crippen LogP contribution in [0.3, 0.4) is 0 Å². The molecule has 2 rings (SSSR count). The minimum atomic E-state index is -0.193. The third-order valence-electron chi connectivity index (χ3n) is 3.43. The summed E-state index contributed by atoms with van der Waals surface area (Å²) in [6.07, 6.45) is 3.32. The summed E-state index contributed by atoms with van der Waals surface area (Å²) in [4.78, 5) is 12.2. The van der Waals surface area contributed by atoms with Crippen molar-refractivity contribution in [3.8, 4) is 5.75 Å². The zero-order chi connectivity index (χ0) is 13.8. The maximum atomic E-state index is 12.2. The van der Waals surface area contributed by atoms with Crippen LogP contribution in [0.2, 0.25) is 0 Å². The molecule has 5 heteroatoms. The zero-order valence-corrected chi connectivity index (χ0v) is 11.9. The lowest BCUT2D eigenvalue weighted by Crippen LogP contribution is -2.39. The number of phenolic OH excluding ortho intramolecular Hbond substituents is 1. The highest BCUT2D eigenvalue weighted by molar-refractivity contribution is 7.99. The van der Waals surface area contributed by atoms with Gasteiger partial charge in [0, 0.05) is 17.0 Å². The first kappa shape index (κ1) is 14.1. The number of hydrogen-bond donors (Lipinski definition) is 3. The van der Waals surface area contributed by atoms with Gasteiger partial charge in [-0.05, 0) is 36.8 Å². The minimum absolute atomic E-state index is 0.0604. The maximum absolute atomic E-state index is 12.2. The fourth-order valence-corrected chi connectivity index (χ4v) is 3.69. The van der Waals surface area contributed by atoms with Crippen LogP contribution in [0.1, 0.15) is 36.5 Å². The zero-order valence-electron chi connectivity index (χ0n) is 11.1. The number of thioether (sulfide) groups is 1. The van der Waals surface area contributed by atoms with Crippen molar-refractivity contribution in [1.29, 1.82) is 0 Å². The Morgan fingerprint density at radius 3 is 3.05 bits per heavy atom. The average Bonchev–Trinajstić information content (AvgIpc) is 2.80. The third-order valence-corrected chi connectivity index (χ3v) is 4.76. The predicted molar refractivity (Wildman–Crippen MR) is 79.5 cm³/mol. The van der Waals surface area contributed by atoms with E-state index in [1.54, 1.807) is 6.07 Å². The van der Waals surface area contributed by atoms with E-state index in [2.05, 4.69) is 12.2 Å². The number of nitrogens with one attached hydrogen (secondary N) is 1. The monoisotopic (exact) mass is 280 g/mol. The molecule has 0 heterocycles. The smallest absolute Gasteiger partial charge is 0.253 e. The molecule has 0 radical (unpaired) electrons. The summed E-state index contributed by atoms with van der Waals surface area (Å²) in [5.41, 5.74) is 6.53. The Bertz CT molecular complexity index is 465. The highest BCUT2D eigenvalue weighted by Crippen LogP contribution is 2.30. The number of rotatable bonds is 4. The van der Waals surface area contributed by atoms with Gasteiger partial charge in [-0.1, -0.05) is 13.3 Å². The number of nitrogens with two attached hydrogens (primary N) is 1. The lowest BCUT2D eigenvalue weighted by Gasteiger charge is -2.20. The van der Waals surface area contributed by atoms with Gasteiger partial charge in [0.05, 0.1) is 5.56 Å². The van der Waals surface area contributed by atoms with Crippen molar-refractivity contribution < 1.29 is 9.90 Å². The van der Waals surface area contributed by atoms with Gasteiger partial charge in [0.25, 0.3) is 5.91 Å². The number of benzene rings is 1. The number of aromatic hydroxyl groups is 1. The second-order valence-corrected chi connectivity index (χ2v) is 6.29. The largest absolute Gasteiger partial charge is 0.508 e. The molecule has 1 aromatic rings. The molecule has 1 saturated carbocycles. The molecular weight excluding hydrogens is 260 g/mol. The summed E-state index contributed by atoms with van der Waals surface area (Å²) in [7, 11) is 0. The van der Waals surface area contributed by atoms with Gasteiger partial charge in [0.15, 0.2) is 0 Å². The molecule has 0 bridgehead atoms. The van der Waals surface area contributed by atoms with E-state index in [1.807, 2.05) is 11.8 Å². The van der Waals surface area contributed by atoms with Crippen LogP contribution in [-0.2, 0) is 0 Å². The van der Waals surface area contributed by atoms with Crippen molar-refractivity contribution in [2.75, 3.05) is 11.5 Å². The van der Waals surface area contributed by atoms with Crippen molar-refractivity contribution in [2.24, 2.45) is 0 Å². The van der Waals surface area contributed by atoms with Gasteiger partial charge in [0.2, 0.25) is 0 Å². The molecule has 0 saturated heterocycles. The van der Waals surface area contributed by atoms with E-state index in [-0.39, 0.29) is 17.7 Å². The molecule has 1 aromatic carbocycles. The van der Waals surface area contributed by atoms with E-state index in [4.69, 9.17) is 5.73 Å². The molecule has 4 nitrogen and oxygen atoms in total. The Kier molecular flexibility index (Phi) is 4.58. The van der Waals surface area contributed by atoms with Crippen LogP contribution in [0, 0.1) is 0 Å². The van der Waals surface area contributed by atoms with Crippen LogP contribution in [0.4, 0.5) is 5.69 Å². The summed E-state index contributed by atoms with van der Waals surface area (Å²) in [6, 6.07) is 4.66. The summed E-state index contributed by atoms with van der Waals surface area (Å²) in [5.74, 6) is 0.929. The second kappa shape index (κ2) is 6.19. The maximum Gasteiger partial charge on any atom is 0.253 e. The molecular formula is C14H20N2O2S. The van der Waals surface area contributed by atoms with E-state index in [0.29, 0.717) is 16.5 Å². The number of carbonyl (C=O) groups is 1. The molecule has 1 aliphatic carbocycles. The lowest BCUT2D eigenvalue weighted by atomic mass is 10.1. The predicted octanol–water partition coefficient (Wildman–Crippen LogP) is 2.38. The Morgan fingerprint density at radius 2 is 2.32 bits per heavy atom. The summed E-state index contributed by atoms with van der Waals surface area (Å²) in [6.45, 7) is 2.13. The standard InChI is InChI=1S/C14H20N2O2S/c1-2-19-13-5-3-4-12(13)16-14(18)10-8-9(17)6-7-11(10)15/h6-8,12-13,17H,2-5,15H2,1H3,(H,16,18). The van der Waals surface area contributed by atoms with E-state index in [9.17, 15) is 9.90 Å². The van der Waals surface area contributed by atoms with Crippen LogP contribution in [0.25, 0.3) is 0 Å². The number of nitrogen functional groups attached to an aromatic ring is 1. The van der Waals surface area contributed by atoms with Crippen molar-refractivity contribution in [1.82, 2.24) is 5.32 Å². The Balaban J connectivity index is 2.06. The Hall–Kier alpha value is -1.36. The van der Waals surface area contributed by atoms with Gasteiger partial charge in [-0.25, -0.2) is 0 Å². The van der Waals surface area contributed by atoms with E-state index in [1.165, 1.54) is 12.1 Å². The van der Waals surface area contributed by atoms with Gasteiger partial charge in [-0.2, -0.15) is 11.8 Å². The first-order chi connectivity index (χ1) is 9.11. The molecule has 4 N–H and O–H groups in total. The Labute approximate surface area is 117 Å². The third kappa shape index (κ3) is 3.35. The molecule has 0 spiro atoms. The van der Waals surface area contributed by atoms with Gasteiger partial charge in [-0.3, -0.25) is 4.79 Å². The lowest BCUT2D eigenvalue weighted by molar-refractivity contribution is 0.0939. The summed E-state index contributed by atoms with van der Waals surface area (Å²) >= 11 is 1.90. The quantitative estimate of drug-likeness (QED) is 0.584. The van der Waals surface area contributed by atoms with Crippen molar-refractivity contribution >= 4 is 23.4 Å². The van der Waals surface area contributed by atoms with E-state index in [0.717, 1.165) is 25.0 Å². The highest BCUT2D eigenvalue weighted by atomic mass is 32.2. The van der Waals surface area contributed by atoms with Crippen LogP contribution in [0.15, 0.2) is 18.2 Å². The fourth-order valence-electron chi connectivity index (χ4n) is 2.49. The highest BCUT2D eigenvalue weighted by Gasteiger charge is 2.29.